The van der Waals surface area contributed by atoms with Gasteiger partial charge < -0.3 is 15.7 Å². The standard InChI is InChI=1S/C22H24FN3O2S/c1-12(27)19-6-7-20(29-19)14-3-2-13(18(23)10-14)8-17(11-24)26-22(28)21-15-4-5-16(9-15)25-21/h2-3,6-7,10,12,15-17,21,25,27H,4-5,8-9H2,1H3,(H,26,28). The maximum atomic E-state index is 14.7. The fourth-order valence-corrected chi connectivity index (χ4v) is 5.30. The van der Waals surface area contributed by atoms with Crippen molar-refractivity contribution in [1.29, 1.82) is 5.26 Å². The number of fused-ring (bicyclic) bond motifs is 2. The lowest BCUT2D eigenvalue weighted by Crippen LogP contribution is -2.50. The van der Waals surface area contributed by atoms with Crippen molar-refractivity contribution in [2.24, 2.45) is 5.92 Å². The van der Waals surface area contributed by atoms with Gasteiger partial charge in [-0.05, 0) is 61.4 Å². The zero-order chi connectivity index (χ0) is 20.5. The molecule has 5 unspecified atom stereocenters. The van der Waals surface area contributed by atoms with E-state index >= 15 is 0 Å². The number of nitrogens with one attached hydrogen (secondary N) is 2. The molecule has 2 aliphatic rings. The summed E-state index contributed by atoms with van der Waals surface area (Å²) in [6, 6.07) is 10.1. The summed E-state index contributed by atoms with van der Waals surface area (Å²) in [5.74, 6) is -0.222. The van der Waals surface area contributed by atoms with Gasteiger partial charge in [-0.25, -0.2) is 4.39 Å². The molecule has 3 N–H and O–H groups in total. The average Bonchev–Trinajstić information content (AvgIpc) is 3.45. The van der Waals surface area contributed by atoms with Crippen LogP contribution in [-0.4, -0.2) is 29.1 Å². The minimum Gasteiger partial charge on any atom is -0.388 e. The Morgan fingerprint density at radius 2 is 2.24 bits per heavy atom. The number of hydrogen-bond donors (Lipinski definition) is 3. The van der Waals surface area contributed by atoms with E-state index in [1.807, 2.05) is 18.2 Å². The smallest absolute Gasteiger partial charge is 0.238 e. The maximum absolute atomic E-state index is 14.7. The summed E-state index contributed by atoms with van der Waals surface area (Å²) >= 11 is 1.42. The predicted octanol–water partition coefficient (Wildman–Crippen LogP) is 3.30. The fraction of sp³-hybridized carbons (Fsp3) is 0.455. The maximum Gasteiger partial charge on any atom is 0.238 e. The number of piperidine rings is 1. The second-order valence-corrected chi connectivity index (χ2v) is 9.11. The molecule has 4 rings (SSSR count). The SMILES string of the molecule is CC(O)c1ccc(-c2ccc(CC(C#N)NC(=O)C3NC4CCC3C4)c(F)c2)s1. The van der Waals surface area contributed by atoms with E-state index in [0.717, 1.165) is 34.6 Å². The van der Waals surface area contributed by atoms with Gasteiger partial charge >= 0.3 is 0 Å². The van der Waals surface area contributed by atoms with E-state index in [9.17, 15) is 19.6 Å². The van der Waals surface area contributed by atoms with Gasteiger partial charge in [-0.2, -0.15) is 5.26 Å². The topological polar surface area (TPSA) is 85.2 Å². The van der Waals surface area contributed by atoms with Gasteiger partial charge in [0.1, 0.15) is 11.9 Å². The number of carbonyl (C=O) groups is 1. The van der Waals surface area contributed by atoms with Crippen LogP contribution >= 0.6 is 11.3 Å². The molecule has 0 spiro atoms. The summed E-state index contributed by atoms with van der Waals surface area (Å²) in [4.78, 5) is 14.2. The number of amides is 1. The highest BCUT2D eigenvalue weighted by atomic mass is 32.1. The van der Waals surface area contributed by atoms with Gasteiger partial charge in [0.15, 0.2) is 0 Å². The van der Waals surface area contributed by atoms with Crippen molar-refractivity contribution in [2.75, 3.05) is 0 Å². The third-order valence-corrected chi connectivity index (χ3v) is 7.22. The normalized spacial score (nSPS) is 24.8. The van der Waals surface area contributed by atoms with E-state index in [4.69, 9.17) is 0 Å². The van der Waals surface area contributed by atoms with Crippen LogP contribution in [0, 0.1) is 23.1 Å². The molecule has 5 nitrogen and oxygen atoms in total. The van der Waals surface area contributed by atoms with Crippen molar-refractivity contribution in [1.82, 2.24) is 10.6 Å². The summed E-state index contributed by atoms with van der Waals surface area (Å²) in [5, 5.41) is 25.2. The molecule has 2 fully saturated rings. The van der Waals surface area contributed by atoms with E-state index in [1.54, 1.807) is 13.0 Å². The van der Waals surface area contributed by atoms with Crippen LogP contribution in [0.2, 0.25) is 0 Å². The first-order valence-electron chi connectivity index (χ1n) is 9.97. The largest absolute Gasteiger partial charge is 0.388 e. The predicted molar refractivity (Wildman–Crippen MR) is 110 cm³/mol. The Labute approximate surface area is 173 Å². The van der Waals surface area contributed by atoms with Crippen LogP contribution in [0.1, 0.15) is 42.7 Å². The van der Waals surface area contributed by atoms with E-state index in [1.165, 1.54) is 17.4 Å². The quantitative estimate of drug-likeness (QED) is 0.678. The molecule has 1 amide bonds. The highest BCUT2D eigenvalue weighted by molar-refractivity contribution is 7.15. The molecular formula is C22H24FN3O2S. The molecule has 7 heteroatoms. The second kappa shape index (κ2) is 8.23. The van der Waals surface area contributed by atoms with Crippen LogP contribution in [0.25, 0.3) is 10.4 Å². The van der Waals surface area contributed by atoms with Crippen LogP contribution < -0.4 is 10.6 Å². The van der Waals surface area contributed by atoms with Crippen LogP contribution in [0.5, 0.6) is 0 Å². The first kappa shape index (κ1) is 20.0. The summed E-state index contributed by atoms with van der Waals surface area (Å²) in [5.41, 5.74) is 1.13. The summed E-state index contributed by atoms with van der Waals surface area (Å²) in [6.45, 7) is 1.70. The molecule has 1 saturated carbocycles. The van der Waals surface area contributed by atoms with Gasteiger partial charge in [-0.3, -0.25) is 4.79 Å². The molecule has 1 saturated heterocycles. The lowest BCUT2D eigenvalue weighted by atomic mass is 9.98. The number of aliphatic hydroxyl groups is 1. The number of rotatable bonds is 6. The Bertz CT molecular complexity index is 952. The molecular weight excluding hydrogens is 389 g/mol. The monoisotopic (exact) mass is 413 g/mol. The number of benzene rings is 1. The van der Waals surface area contributed by atoms with E-state index in [-0.39, 0.29) is 18.4 Å². The Kier molecular flexibility index (Phi) is 5.68. The van der Waals surface area contributed by atoms with Crippen molar-refractivity contribution in [3.05, 3.63) is 46.6 Å². The number of thiophene rings is 1. The first-order valence-corrected chi connectivity index (χ1v) is 10.8. The Hall–Kier alpha value is -2.27. The lowest BCUT2D eigenvalue weighted by molar-refractivity contribution is -0.124. The molecule has 1 aromatic heterocycles. The van der Waals surface area contributed by atoms with Crippen LogP contribution in [0.3, 0.4) is 0 Å². The highest BCUT2D eigenvalue weighted by Crippen LogP contribution is 2.35. The molecule has 5 atom stereocenters. The zero-order valence-corrected chi connectivity index (χ0v) is 17.0. The second-order valence-electron chi connectivity index (χ2n) is 7.99. The molecule has 0 radical (unpaired) electrons. The first-order chi connectivity index (χ1) is 13.9. The lowest BCUT2D eigenvalue weighted by Gasteiger charge is -2.23. The van der Waals surface area contributed by atoms with Gasteiger partial charge in [-0.1, -0.05) is 12.1 Å². The van der Waals surface area contributed by atoms with Crippen molar-refractivity contribution < 1.29 is 14.3 Å². The van der Waals surface area contributed by atoms with Gasteiger partial charge in [0.25, 0.3) is 0 Å². The minimum atomic E-state index is -0.771. The van der Waals surface area contributed by atoms with Gasteiger partial charge in [-0.15, -0.1) is 11.3 Å². The minimum absolute atomic E-state index is 0.124. The Morgan fingerprint density at radius 3 is 2.83 bits per heavy atom. The molecule has 2 bridgehead atoms. The molecule has 2 heterocycles. The van der Waals surface area contributed by atoms with Crippen molar-refractivity contribution in [3.8, 4) is 16.5 Å². The molecule has 152 valence electrons. The molecule has 1 aliphatic carbocycles. The Balaban J connectivity index is 1.42. The zero-order valence-electron chi connectivity index (χ0n) is 16.2. The summed E-state index contributed by atoms with van der Waals surface area (Å²) < 4.78 is 14.7. The van der Waals surface area contributed by atoms with Gasteiger partial charge in [0, 0.05) is 22.2 Å². The summed E-state index contributed by atoms with van der Waals surface area (Å²) in [6.07, 6.45) is 2.74. The number of nitrogens with zero attached hydrogens (tertiary/aromatic N) is 1. The van der Waals surface area contributed by atoms with E-state index < -0.39 is 18.0 Å². The molecule has 2 aromatic rings. The third-order valence-electron chi connectivity index (χ3n) is 5.91. The molecule has 1 aromatic carbocycles. The van der Waals surface area contributed by atoms with E-state index in [2.05, 4.69) is 16.7 Å². The van der Waals surface area contributed by atoms with Crippen LogP contribution in [0.15, 0.2) is 30.3 Å². The molecule has 1 aliphatic heterocycles. The summed E-state index contributed by atoms with van der Waals surface area (Å²) in [7, 11) is 0. The third kappa shape index (κ3) is 4.20. The number of carbonyl (C=O) groups excluding carboxylic acids is 1. The average molecular weight is 414 g/mol. The molecule has 29 heavy (non-hydrogen) atoms. The van der Waals surface area contributed by atoms with Gasteiger partial charge in [0.2, 0.25) is 5.91 Å². The highest BCUT2D eigenvalue weighted by Gasteiger charge is 2.43. The van der Waals surface area contributed by atoms with Crippen LogP contribution in [-0.2, 0) is 11.2 Å². The number of hydrogen-bond acceptors (Lipinski definition) is 5. The van der Waals surface area contributed by atoms with Crippen molar-refractivity contribution in [2.45, 2.75) is 56.8 Å². The number of aliphatic hydroxyl groups excluding tert-OH is 1. The Morgan fingerprint density at radius 1 is 1.41 bits per heavy atom. The number of nitriles is 1. The van der Waals surface area contributed by atoms with E-state index in [0.29, 0.717) is 17.5 Å². The van der Waals surface area contributed by atoms with Crippen molar-refractivity contribution in [3.63, 3.8) is 0 Å². The van der Waals surface area contributed by atoms with Gasteiger partial charge in [0.05, 0.1) is 18.2 Å². The van der Waals surface area contributed by atoms with Crippen LogP contribution in [0.4, 0.5) is 4.39 Å². The number of halogens is 1. The fourth-order valence-electron chi connectivity index (χ4n) is 4.36. The van der Waals surface area contributed by atoms with Crippen molar-refractivity contribution >= 4 is 17.2 Å².